The first-order valence-electron chi connectivity index (χ1n) is 5.63. The molecule has 1 aromatic rings. The molecule has 0 saturated carbocycles. The molecule has 0 heterocycles. The first kappa shape index (κ1) is 13.5. The zero-order valence-corrected chi connectivity index (χ0v) is 10.5. The average Bonchev–Trinajstić information content (AvgIpc) is 2.31. The molecule has 0 bridgehead atoms. The van der Waals surface area contributed by atoms with Gasteiger partial charge in [0, 0.05) is 6.04 Å². The summed E-state index contributed by atoms with van der Waals surface area (Å²) in [4.78, 5) is 11.4. The van der Waals surface area contributed by atoms with Crippen LogP contribution >= 0.6 is 0 Å². The summed E-state index contributed by atoms with van der Waals surface area (Å²) < 4.78 is 5.43. The number of hydrogen-bond donors (Lipinski definition) is 2. The maximum atomic E-state index is 11.4. The molecule has 2 N–H and O–H groups in total. The summed E-state index contributed by atoms with van der Waals surface area (Å²) in [5.74, 6) is 0.490. The van der Waals surface area contributed by atoms with E-state index >= 15 is 0 Å². The van der Waals surface area contributed by atoms with Crippen LogP contribution in [0.5, 0.6) is 5.75 Å². The Labute approximate surface area is 102 Å². The Morgan fingerprint density at radius 3 is 2.82 bits per heavy atom. The summed E-state index contributed by atoms with van der Waals surface area (Å²) in [6, 6.07) is 5.48. The van der Waals surface area contributed by atoms with Crippen molar-refractivity contribution >= 4 is 5.91 Å². The largest absolute Gasteiger partial charge is 0.483 e. The number of amides is 1. The number of aryl methyl sites for hydroxylation is 1. The van der Waals surface area contributed by atoms with Gasteiger partial charge in [-0.2, -0.15) is 0 Å². The Morgan fingerprint density at radius 2 is 2.18 bits per heavy atom. The standard InChI is InChI=1S/C13H19NO3/c1-9-5-4-6-12(11(9)3)17-8-13(16)14-10(2)7-15/h4-6,10,15H,7-8H2,1-3H3,(H,14,16)/t10-/m0/s1. The summed E-state index contributed by atoms with van der Waals surface area (Å²) in [6.07, 6.45) is 0. The van der Waals surface area contributed by atoms with Crippen LogP contribution in [0.1, 0.15) is 18.1 Å². The molecule has 1 aromatic carbocycles. The second-order valence-electron chi connectivity index (χ2n) is 4.14. The van der Waals surface area contributed by atoms with E-state index in [1.165, 1.54) is 0 Å². The van der Waals surface area contributed by atoms with Crippen LogP contribution < -0.4 is 10.1 Å². The molecule has 1 amide bonds. The third-order valence-electron chi connectivity index (χ3n) is 2.59. The zero-order valence-electron chi connectivity index (χ0n) is 10.5. The van der Waals surface area contributed by atoms with E-state index in [1.807, 2.05) is 32.0 Å². The number of aliphatic hydroxyl groups is 1. The fraction of sp³-hybridized carbons (Fsp3) is 0.462. The van der Waals surface area contributed by atoms with Gasteiger partial charge in [0.1, 0.15) is 5.75 Å². The average molecular weight is 237 g/mol. The van der Waals surface area contributed by atoms with E-state index in [9.17, 15) is 4.79 Å². The van der Waals surface area contributed by atoms with Crippen molar-refractivity contribution in [2.45, 2.75) is 26.8 Å². The van der Waals surface area contributed by atoms with E-state index < -0.39 is 0 Å². The number of carbonyl (C=O) groups is 1. The lowest BCUT2D eigenvalue weighted by Gasteiger charge is -2.13. The zero-order chi connectivity index (χ0) is 12.8. The van der Waals surface area contributed by atoms with Crippen molar-refractivity contribution < 1.29 is 14.6 Å². The number of hydrogen-bond acceptors (Lipinski definition) is 3. The molecule has 94 valence electrons. The number of rotatable bonds is 5. The minimum atomic E-state index is -0.246. The predicted molar refractivity (Wildman–Crippen MR) is 66.1 cm³/mol. The van der Waals surface area contributed by atoms with Crippen LogP contribution in [0.4, 0.5) is 0 Å². The van der Waals surface area contributed by atoms with E-state index in [2.05, 4.69) is 5.32 Å². The van der Waals surface area contributed by atoms with Crippen LogP contribution in [0.15, 0.2) is 18.2 Å². The van der Waals surface area contributed by atoms with E-state index in [1.54, 1.807) is 6.92 Å². The Kier molecular flexibility index (Phi) is 4.97. The molecular formula is C13H19NO3. The van der Waals surface area contributed by atoms with Crippen LogP contribution in [-0.4, -0.2) is 30.3 Å². The van der Waals surface area contributed by atoms with Crippen molar-refractivity contribution in [3.05, 3.63) is 29.3 Å². The summed E-state index contributed by atoms with van der Waals surface area (Å²) in [5.41, 5.74) is 2.17. The lowest BCUT2D eigenvalue weighted by molar-refractivity contribution is -0.124. The highest BCUT2D eigenvalue weighted by atomic mass is 16.5. The molecule has 4 heteroatoms. The maximum Gasteiger partial charge on any atom is 0.258 e. The highest BCUT2D eigenvalue weighted by Crippen LogP contribution is 2.20. The molecule has 17 heavy (non-hydrogen) atoms. The van der Waals surface area contributed by atoms with Crippen molar-refractivity contribution in [1.29, 1.82) is 0 Å². The minimum Gasteiger partial charge on any atom is -0.483 e. The van der Waals surface area contributed by atoms with Gasteiger partial charge >= 0.3 is 0 Å². The van der Waals surface area contributed by atoms with Gasteiger partial charge < -0.3 is 15.2 Å². The summed E-state index contributed by atoms with van der Waals surface area (Å²) in [6.45, 7) is 5.58. The van der Waals surface area contributed by atoms with Gasteiger partial charge in [-0.15, -0.1) is 0 Å². The molecule has 0 aliphatic carbocycles. The molecule has 0 radical (unpaired) electrons. The molecule has 0 spiro atoms. The molecule has 0 fully saturated rings. The fourth-order valence-electron chi connectivity index (χ4n) is 1.39. The molecule has 0 saturated heterocycles. The topological polar surface area (TPSA) is 58.6 Å². The van der Waals surface area contributed by atoms with Crippen LogP contribution in [0.3, 0.4) is 0 Å². The molecular weight excluding hydrogens is 218 g/mol. The number of ether oxygens (including phenoxy) is 1. The highest BCUT2D eigenvalue weighted by Gasteiger charge is 2.08. The summed E-state index contributed by atoms with van der Waals surface area (Å²) >= 11 is 0. The smallest absolute Gasteiger partial charge is 0.258 e. The first-order chi connectivity index (χ1) is 8.04. The van der Waals surface area contributed by atoms with E-state index in [-0.39, 0.29) is 25.2 Å². The summed E-state index contributed by atoms with van der Waals surface area (Å²) in [7, 11) is 0. The molecule has 0 aliphatic rings. The Morgan fingerprint density at radius 1 is 1.47 bits per heavy atom. The molecule has 0 aromatic heterocycles. The van der Waals surface area contributed by atoms with Gasteiger partial charge in [0.2, 0.25) is 0 Å². The van der Waals surface area contributed by atoms with Gasteiger partial charge in [0.25, 0.3) is 5.91 Å². The monoisotopic (exact) mass is 237 g/mol. The third-order valence-corrected chi connectivity index (χ3v) is 2.59. The van der Waals surface area contributed by atoms with Gasteiger partial charge in [0.15, 0.2) is 6.61 Å². The Bertz CT molecular complexity index is 390. The van der Waals surface area contributed by atoms with Gasteiger partial charge in [-0.25, -0.2) is 0 Å². The van der Waals surface area contributed by atoms with Crippen molar-refractivity contribution in [3.8, 4) is 5.75 Å². The highest BCUT2D eigenvalue weighted by molar-refractivity contribution is 5.77. The van der Waals surface area contributed by atoms with Gasteiger partial charge in [0.05, 0.1) is 6.61 Å². The first-order valence-corrected chi connectivity index (χ1v) is 5.63. The normalized spacial score (nSPS) is 12.0. The van der Waals surface area contributed by atoms with Crippen molar-refractivity contribution in [2.24, 2.45) is 0 Å². The summed E-state index contributed by atoms with van der Waals surface area (Å²) in [5, 5.41) is 11.4. The van der Waals surface area contributed by atoms with Gasteiger partial charge in [-0.1, -0.05) is 12.1 Å². The number of benzene rings is 1. The number of carbonyl (C=O) groups excluding carboxylic acids is 1. The molecule has 0 unspecified atom stereocenters. The molecule has 0 aliphatic heterocycles. The number of nitrogens with one attached hydrogen (secondary N) is 1. The maximum absolute atomic E-state index is 11.4. The van der Waals surface area contributed by atoms with E-state index in [4.69, 9.17) is 9.84 Å². The quantitative estimate of drug-likeness (QED) is 0.808. The van der Waals surface area contributed by atoms with E-state index in [0.29, 0.717) is 0 Å². The van der Waals surface area contributed by atoms with Gasteiger partial charge in [-0.3, -0.25) is 4.79 Å². The predicted octanol–water partition coefficient (Wildman–Crippen LogP) is 1.18. The van der Waals surface area contributed by atoms with Gasteiger partial charge in [-0.05, 0) is 38.0 Å². The van der Waals surface area contributed by atoms with Crippen LogP contribution in [0.25, 0.3) is 0 Å². The van der Waals surface area contributed by atoms with E-state index in [0.717, 1.165) is 16.9 Å². The lowest BCUT2D eigenvalue weighted by atomic mass is 10.1. The Hall–Kier alpha value is -1.55. The SMILES string of the molecule is Cc1cccc(OCC(=O)N[C@@H](C)CO)c1C. The minimum absolute atomic E-state index is 0.0331. The molecule has 4 nitrogen and oxygen atoms in total. The van der Waals surface area contributed by atoms with Crippen molar-refractivity contribution in [2.75, 3.05) is 13.2 Å². The van der Waals surface area contributed by atoms with Crippen LogP contribution in [0.2, 0.25) is 0 Å². The van der Waals surface area contributed by atoms with Crippen molar-refractivity contribution in [3.63, 3.8) is 0 Å². The second-order valence-corrected chi connectivity index (χ2v) is 4.14. The van der Waals surface area contributed by atoms with Crippen LogP contribution in [0, 0.1) is 13.8 Å². The molecule has 1 atom stereocenters. The fourth-order valence-corrected chi connectivity index (χ4v) is 1.39. The second kappa shape index (κ2) is 6.25. The van der Waals surface area contributed by atoms with Crippen molar-refractivity contribution in [1.82, 2.24) is 5.32 Å². The number of aliphatic hydroxyl groups excluding tert-OH is 1. The molecule has 1 rings (SSSR count). The Balaban J connectivity index is 2.50. The van der Waals surface area contributed by atoms with Crippen LogP contribution in [-0.2, 0) is 4.79 Å². The third kappa shape index (κ3) is 4.07. The lowest BCUT2D eigenvalue weighted by Crippen LogP contribution is -2.38.